The Morgan fingerprint density at radius 1 is 1.50 bits per heavy atom. The summed E-state index contributed by atoms with van der Waals surface area (Å²) in [5.41, 5.74) is -0.00216. The first kappa shape index (κ1) is 14.7. The fourth-order valence-corrected chi connectivity index (χ4v) is 2.49. The van der Waals surface area contributed by atoms with Gasteiger partial charge in [0.2, 0.25) is 0 Å². The molecule has 1 aliphatic heterocycles. The molecule has 110 valence electrons. The number of rotatable bonds is 5. The molecule has 1 fully saturated rings. The minimum Gasteiger partial charge on any atom is -0.335 e. The Kier molecular flexibility index (Phi) is 4.89. The highest BCUT2D eigenvalue weighted by Gasteiger charge is 2.23. The van der Waals surface area contributed by atoms with E-state index in [1.165, 1.54) is 12.1 Å². The molecule has 0 aromatic carbocycles. The number of carbonyl (C=O) groups is 1. The van der Waals surface area contributed by atoms with Crippen molar-refractivity contribution >= 4 is 5.91 Å². The second-order valence-electron chi connectivity index (χ2n) is 5.70. The van der Waals surface area contributed by atoms with Gasteiger partial charge in [0.1, 0.15) is 5.69 Å². The van der Waals surface area contributed by atoms with Gasteiger partial charge < -0.3 is 10.2 Å². The first-order chi connectivity index (χ1) is 9.56. The summed E-state index contributed by atoms with van der Waals surface area (Å²) in [6, 6.07) is 3.18. The zero-order chi connectivity index (χ0) is 14.5. The third-order valence-corrected chi connectivity index (χ3v) is 3.37. The van der Waals surface area contributed by atoms with E-state index in [9.17, 15) is 9.59 Å². The lowest BCUT2D eigenvalue weighted by Gasteiger charge is -2.27. The number of aromatic nitrogens is 2. The third kappa shape index (κ3) is 3.90. The van der Waals surface area contributed by atoms with Crippen LogP contribution in [0.3, 0.4) is 0 Å². The van der Waals surface area contributed by atoms with Gasteiger partial charge in [-0.05, 0) is 31.4 Å². The highest BCUT2D eigenvalue weighted by molar-refractivity contribution is 5.92. The minimum absolute atomic E-state index is 0.122. The minimum atomic E-state index is -0.297. The first-order valence-electron chi connectivity index (χ1n) is 7.14. The molecule has 2 rings (SSSR count). The summed E-state index contributed by atoms with van der Waals surface area (Å²) in [6.45, 7) is 6.58. The van der Waals surface area contributed by atoms with Gasteiger partial charge in [-0.15, -0.1) is 0 Å². The van der Waals surface area contributed by atoms with Gasteiger partial charge in [-0.3, -0.25) is 9.59 Å². The van der Waals surface area contributed by atoms with Crippen LogP contribution in [-0.2, 0) is 0 Å². The predicted octanol–water partition coefficient (Wildman–Crippen LogP) is 0.620. The van der Waals surface area contributed by atoms with Crippen molar-refractivity contribution in [1.82, 2.24) is 20.4 Å². The Morgan fingerprint density at radius 3 is 2.85 bits per heavy atom. The summed E-state index contributed by atoms with van der Waals surface area (Å²) in [5, 5.41) is 9.55. The number of aromatic amines is 1. The maximum absolute atomic E-state index is 12.5. The van der Waals surface area contributed by atoms with Crippen LogP contribution in [-0.4, -0.2) is 46.7 Å². The molecule has 2 N–H and O–H groups in total. The van der Waals surface area contributed by atoms with Crippen LogP contribution >= 0.6 is 0 Å². The maximum atomic E-state index is 12.5. The van der Waals surface area contributed by atoms with Crippen molar-refractivity contribution in [3.63, 3.8) is 0 Å². The monoisotopic (exact) mass is 278 g/mol. The highest BCUT2D eigenvalue weighted by Crippen LogP contribution is 2.11. The van der Waals surface area contributed by atoms with E-state index in [1.54, 1.807) is 0 Å². The molecule has 1 unspecified atom stereocenters. The summed E-state index contributed by atoms with van der Waals surface area (Å²) in [7, 11) is 0. The van der Waals surface area contributed by atoms with Crippen LogP contribution in [0.5, 0.6) is 0 Å². The number of hydrogen-bond acceptors (Lipinski definition) is 4. The van der Waals surface area contributed by atoms with E-state index in [0.717, 1.165) is 19.4 Å². The third-order valence-electron chi connectivity index (χ3n) is 3.37. The van der Waals surface area contributed by atoms with Crippen molar-refractivity contribution < 1.29 is 4.79 Å². The highest BCUT2D eigenvalue weighted by atomic mass is 16.2. The molecule has 20 heavy (non-hydrogen) atoms. The second-order valence-corrected chi connectivity index (χ2v) is 5.70. The predicted molar refractivity (Wildman–Crippen MR) is 76.6 cm³/mol. The molecule has 6 heteroatoms. The molecule has 6 nitrogen and oxygen atoms in total. The molecule has 1 aromatic heterocycles. The van der Waals surface area contributed by atoms with E-state index < -0.39 is 0 Å². The molecule has 0 aliphatic carbocycles. The van der Waals surface area contributed by atoms with Crippen molar-refractivity contribution in [2.24, 2.45) is 5.92 Å². The molecular formula is C14H22N4O2. The van der Waals surface area contributed by atoms with E-state index in [4.69, 9.17) is 0 Å². The largest absolute Gasteiger partial charge is 0.335 e. The molecule has 1 saturated heterocycles. The number of nitrogens with zero attached hydrogens (tertiary/aromatic N) is 2. The normalized spacial score (nSPS) is 18.4. The molecular weight excluding hydrogens is 256 g/mol. The number of carbonyl (C=O) groups excluding carboxylic acids is 1. The van der Waals surface area contributed by atoms with Crippen LogP contribution in [0.25, 0.3) is 0 Å². The molecule has 1 amide bonds. The van der Waals surface area contributed by atoms with Gasteiger partial charge in [0.05, 0.1) is 0 Å². The van der Waals surface area contributed by atoms with Crippen molar-refractivity contribution in [3.05, 3.63) is 28.2 Å². The molecule has 0 spiro atoms. The summed E-state index contributed by atoms with van der Waals surface area (Å²) in [5.74, 6) is 0.270. The molecule has 2 heterocycles. The summed E-state index contributed by atoms with van der Waals surface area (Å²) in [4.78, 5) is 25.3. The molecule has 1 atom stereocenters. The first-order valence-corrected chi connectivity index (χ1v) is 7.14. The van der Waals surface area contributed by atoms with Crippen LogP contribution in [0, 0.1) is 5.92 Å². The Balaban J connectivity index is 2.09. The van der Waals surface area contributed by atoms with Crippen LogP contribution in [0.4, 0.5) is 0 Å². The van der Waals surface area contributed by atoms with E-state index in [0.29, 0.717) is 30.7 Å². The van der Waals surface area contributed by atoms with E-state index in [2.05, 4.69) is 29.4 Å². The lowest BCUT2D eigenvalue weighted by Crippen LogP contribution is -2.43. The van der Waals surface area contributed by atoms with Crippen molar-refractivity contribution in [3.8, 4) is 0 Å². The van der Waals surface area contributed by atoms with E-state index in [-0.39, 0.29) is 11.5 Å². The zero-order valence-corrected chi connectivity index (χ0v) is 12.1. The fourth-order valence-electron chi connectivity index (χ4n) is 2.49. The second kappa shape index (κ2) is 6.65. The fraction of sp³-hybridized carbons (Fsp3) is 0.643. The number of hydrogen-bond donors (Lipinski definition) is 2. The van der Waals surface area contributed by atoms with Gasteiger partial charge in [-0.2, -0.15) is 5.10 Å². The molecule has 0 saturated carbocycles. The molecule has 0 bridgehead atoms. The van der Waals surface area contributed by atoms with Crippen LogP contribution in [0.2, 0.25) is 0 Å². The number of H-pyrrole nitrogens is 1. The molecule has 1 aliphatic rings. The lowest BCUT2D eigenvalue weighted by molar-refractivity contribution is 0.0714. The SMILES string of the molecule is CC(C)CN(CC1CCCN1)C(=O)c1ccc(=O)[nH]n1. The van der Waals surface area contributed by atoms with Crippen molar-refractivity contribution in [1.29, 1.82) is 0 Å². The Morgan fingerprint density at radius 2 is 2.30 bits per heavy atom. The van der Waals surface area contributed by atoms with Gasteiger partial charge in [0, 0.05) is 25.2 Å². The summed E-state index contributed by atoms with van der Waals surface area (Å²) in [6.07, 6.45) is 2.26. The van der Waals surface area contributed by atoms with Crippen LogP contribution < -0.4 is 10.9 Å². The van der Waals surface area contributed by atoms with E-state index >= 15 is 0 Å². The van der Waals surface area contributed by atoms with Gasteiger partial charge in [0.15, 0.2) is 0 Å². The summed E-state index contributed by atoms with van der Waals surface area (Å²) < 4.78 is 0. The van der Waals surface area contributed by atoms with Crippen molar-refractivity contribution in [2.75, 3.05) is 19.6 Å². The standard InChI is InChI=1S/C14H22N4O2/c1-10(2)8-18(9-11-4-3-7-15-11)14(20)12-5-6-13(19)17-16-12/h5-6,10-11,15H,3-4,7-9H2,1-2H3,(H,17,19). The number of amides is 1. The smallest absolute Gasteiger partial charge is 0.274 e. The van der Waals surface area contributed by atoms with Gasteiger partial charge in [-0.1, -0.05) is 13.8 Å². The zero-order valence-electron chi connectivity index (χ0n) is 12.1. The summed E-state index contributed by atoms with van der Waals surface area (Å²) >= 11 is 0. The van der Waals surface area contributed by atoms with Gasteiger partial charge >= 0.3 is 0 Å². The Hall–Kier alpha value is -1.69. The van der Waals surface area contributed by atoms with E-state index in [1.807, 2.05) is 4.90 Å². The van der Waals surface area contributed by atoms with Crippen LogP contribution in [0.1, 0.15) is 37.2 Å². The quantitative estimate of drug-likeness (QED) is 0.827. The molecule has 1 aromatic rings. The maximum Gasteiger partial charge on any atom is 0.274 e. The number of nitrogens with one attached hydrogen (secondary N) is 2. The average Bonchev–Trinajstić information content (AvgIpc) is 2.90. The van der Waals surface area contributed by atoms with Gasteiger partial charge in [0.25, 0.3) is 11.5 Å². The van der Waals surface area contributed by atoms with Crippen LogP contribution in [0.15, 0.2) is 16.9 Å². The van der Waals surface area contributed by atoms with Gasteiger partial charge in [-0.25, -0.2) is 5.10 Å². The Labute approximate surface area is 118 Å². The average molecular weight is 278 g/mol. The van der Waals surface area contributed by atoms with Crippen molar-refractivity contribution in [2.45, 2.75) is 32.7 Å². The molecule has 0 radical (unpaired) electrons. The topological polar surface area (TPSA) is 78.1 Å². The lowest BCUT2D eigenvalue weighted by atomic mass is 10.1. The Bertz CT molecular complexity index is 486.